The Morgan fingerprint density at radius 3 is 2.33 bits per heavy atom. The smallest absolute Gasteiger partial charge is 0.303 e. The first kappa shape index (κ1) is 17.9. The number of carboxylic acids is 1. The fourth-order valence-electron chi connectivity index (χ4n) is 2.08. The van der Waals surface area contributed by atoms with Crippen molar-refractivity contribution in [1.82, 2.24) is 4.72 Å². The van der Waals surface area contributed by atoms with E-state index in [0.29, 0.717) is 17.4 Å². The van der Waals surface area contributed by atoms with Crippen molar-refractivity contribution in [3.05, 3.63) is 29.3 Å². The van der Waals surface area contributed by atoms with Gasteiger partial charge in [-0.15, -0.1) is 0 Å². The van der Waals surface area contributed by atoms with Gasteiger partial charge in [-0.25, -0.2) is 13.1 Å². The number of rotatable bonds is 8. The molecule has 21 heavy (non-hydrogen) atoms. The van der Waals surface area contributed by atoms with Gasteiger partial charge < -0.3 is 5.11 Å². The zero-order chi connectivity index (χ0) is 16.0. The number of nitrogens with one attached hydrogen (secondary N) is 1. The van der Waals surface area contributed by atoms with E-state index in [0.717, 1.165) is 0 Å². The highest BCUT2D eigenvalue weighted by Crippen LogP contribution is 2.17. The summed E-state index contributed by atoms with van der Waals surface area (Å²) in [6.07, 6.45) is 0.594. The van der Waals surface area contributed by atoms with Gasteiger partial charge in [0.1, 0.15) is 0 Å². The summed E-state index contributed by atoms with van der Waals surface area (Å²) in [4.78, 5) is 10.9. The topological polar surface area (TPSA) is 83.5 Å². The SMILES string of the molecule is CC(C)CC(CNS(=O)(=O)c1ccc(Cl)cc1)CC(=O)O. The van der Waals surface area contributed by atoms with Crippen LogP contribution in [0.4, 0.5) is 0 Å². The van der Waals surface area contributed by atoms with Crippen molar-refractivity contribution in [2.45, 2.75) is 31.6 Å². The Kier molecular flexibility index (Phi) is 6.64. The molecule has 118 valence electrons. The van der Waals surface area contributed by atoms with Gasteiger partial charge in [-0.05, 0) is 42.5 Å². The predicted molar refractivity (Wildman–Crippen MR) is 81.8 cm³/mol. The third kappa shape index (κ3) is 6.46. The maximum atomic E-state index is 12.1. The molecule has 0 fully saturated rings. The molecule has 1 unspecified atom stereocenters. The minimum Gasteiger partial charge on any atom is -0.481 e. The van der Waals surface area contributed by atoms with Crippen LogP contribution in [-0.2, 0) is 14.8 Å². The normalized spacial score (nSPS) is 13.3. The quantitative estimate of drug-likeness (QED) is 0.766. The van der Waals surface area contributed by atoms with Crippen LogP contribution in [0, 0.1) is 11.8 Å². The van der Waals surface area contributed by atoms with E-state index in [9.17, 15) is 13.2 Å². The second kappa shape index (κ2) is 7.77. The largest absolute Gasteiger partial charge is 0.481 e. The summed E-state index contributed by atoms with van der Waals surface area (Å²) in [6.45, 7) is 4.06. The molecule has 0 heterocycles. The third-order valence-electron chi connectivity index (χ3n) is 2.95. The van der Waals surface area contributed by atoms with E-state index in [2.05, 4.69) is 4.72 Å². The Labute approximate surface area is 130 Å². The summed E-state index contributed by atoms with van der Waals surface area (Å²) >= 11 is 5.72. The average molecular weight is 334 g/mol. The van der Waals surface area contributed by atoms with E-state index < -0.39 is 16.0 Å². The van der Waals surface area contributed by atoms with E-state index in [-0.39, 0.29) is 23.8 Å². The number of carboxylic acid groups (broad SMARTS) is 1. The Hall–Kier alpha value is -1.11. The maximum absolute atomic E-state index is 12.1. The monoisotopic (exact) mass is 333 g/mol. The zero-order valence-electron chi connectivity index (χ0n) is 12.0. The van der Waals surface area contributed by atoms with Crippen molar-refractivity contribution in [3.8, 4) is 0 Å². The van der Waals surface area contributed by atoms with Gasteiger partial charge >= 0.3 is 5.97 Å². The van der Waals surface area contributed by atoms with Crippen LogP contribution in [0.25, 0.3) is 0 Å². The first-order valence-electron chi connectivity index (χ1n) is 6.67. The van der Waals surface area contributed by atoms with E-state index in [1.807, 2.05) is 13.8 Å². The van der Waals surface area contributed by atoms with E-state index in [4.69, 9.17) is 16.7 Å². The molecule has 0 aliphatic heterocycles. The number of carbonyl (C=O) groups is 1. The number of benzene rings is 1. The van der Waals surface area contributed by atoms with Gasteiger partial charge in [0.2, 0.25) is 10.0 Å². The molecule has 0 amide bonds. The number of sulfonamides is 1. The lowest BCUT2D eigenvalue weighted by molar-refractivity contribution is -0.138. The average Bonchev–Trinajstić information content (AvgIpc) is 2.35. The van der Waals surface area contributed by atoms with Crippen LogP contribution in [0.5, 0.6) is 0 Å². The molecule has 0 aromatic heterocycles. The van der Waals surface area contributed by atoms with Crippen molar-refractivity contribution in [1.29, 1.82) is 0 Å². The molecule has 1 rings (SSSR count). The maximum Gasteiger partial charge on any atom is 0.303 e. The molecule has 7 heteroatoms. The summed E-state index contributed by atoms with van der Waals surface area (Å²) in [5, 5.41) is 9.34. The van der Waals surface area contributed by atoms with Gasteiger partial charge in [-0.1, -0.05) is 25.4 Å². The van der Waals surface area contributed by atoms with Crippen molar-refractivity contribution < 1.29 is 18.3 Å². The third-order valence-corrected chi connectivity index (χ3v) is 4.65. The Balaban J connectivity index is 2.73. The van der Waals surface area contributed by atoms with Crippen molar-refractivity contribution in [3.63, 3.8) is 0 Å². The molecule has 0 saturated carbocycles. The Morgan fingerprint density at radius 2 is 1.86 bits per heavy atom. The predicted octanol–water partition coefficient (Wildman–Crippen LogP) is 2.76. The fourth-order valence-corrected chi connectivity index (χ4v) is 3.32. The number of aliphatic carboxylic acids is 1. The van der Waals surface area contributed by atoms with Gasteiger partial charge in [0, 0.05) is 18.0 Å². The zero-order valence-corrected chi connectivity index (χ0v) is 13.6. The molecule has 0 saturated heterocycles. The molecular weight excluding hydrogens is 314 g/mol. The van der Waals surface area contributed by atoms with Gasteiger partial charge in [-0.2, -0.15) is 0 Å². The Morgan fingerprint density at radius 1 is 1.29 bits per heavy atom. The number of hydrogen-bond acceptors (Lipinski definition) is 3. The van der Waals surface area contributed by atoms with Crippen LogP contribution in [0.1, 0.15) is 26.7 Å². The van der Waals surface area contributed by atoms with Gasteiger partial charge in [-0.3, -0.25) is 4.79 Å². The highest BCUT2D eigenvalue weighted by atomic mass is 35.5. The van der Waals surface area contributed by atoms with Crippen LogP contribution in [0.3, 0.4) is 0 Å². The lowest BCUT2D eigenvalue weighted by atomic mass is 9.94. The highest BCUT2D eigenvalue weighted by Gasteiger charge is 2.19. The van der Waals surface area contributed by atoms with Crippen molar-refractivity contribution in [2.24, 2.45) is 11.8 Å². The summed E-state index contributed by atoms with van der Waals surface area (Å²) in [6, 6.07) is 5.83. The van der Waals surface area contributed by atoms with Crippen molar-refractivity contribution >= 4 is 27.6 Å². The first-order chi connectivity index (χ1) is 9.70. The molecule has 0 aliphatic carbocycles. The minimum absolute atomic E-state index is 0.0542. The molecule has 0 radical (unpaired) electrons. The van der Waals surface area contributed by atoms with Crippen LogP contribution in [0.2, 0.25) is 5.02 Å². The standard InChI is InChI=1S/C14H20ClNO4S/c1-10(2)7-11(8-14(17)18)9-16-21(19,20)13-5-3-12(15)4-6-13/h3-6,10-11,16H,7-9H2,1-2H3,(H,17,18). The van der Waals surface area contributed by atoms with E-state index >= 15 is 0 Å². The van der Waals surface area contributed by atoms with Crippen molar-refractivity contribution in [2.75, 3.05) is 6.54 Å². The van der Waals surface area contributed by atoms with Crippen LogP contribution < -0.4 is 4.72 Å². The Bertz CT molecular complexity index is 569. The lowest BCUT2D eigenvalue weighted by Gasteiger charge is -2.17. The van der Waals surface area contributed by atoms with E-state index in [1.54, 1.807) is 0 Å². The van der Waals surface area contributed by atoms with Gasteiger partial charge in [0.15, 0.2) is 0 Å². The number of hydrogen-bond donors (Lipinski definition) is 2. The highest BCUT2D eigenvalue weighted by molar-refractivity contribution is 7.89. The molecule has 2 N–H and O–H groups in total. The first-order valence-corrected chi connectivity index (χ1v) is 8.54. The molecule has 0 spiro atoms. The minimum atomic E-state index is -3.65. The van der Waals surface area contributed by atoms with Gasteiger partial charge in [0.25, 0.3) is 0 Å². The second-order valence-corrected chi connectivity index (χ2v) is 7.60. The lowest BCUT2D eigenvalue weighted by Crippen LogP contribution is -2.31. The molecule has 1 aromatic rings. The molecule has 0 aliphatic rings. The summed E-state index contributed by atoms with van der Waals surface area (Å²) < 4.78 is 26.7. The van der Waals surface area contributed by atoms with Crippen LogP contribution in [0.15, 0.2) is 29.2 Å². The molecule has 1 atom stereocenters. The molecule has 1 aromatic carbocycles. The molecular formula is C14H20ClNO4S. The summed E-state index contributed by atoms with van der Waals surface area (Å²) in [5.41, 5.74) is 0. The van der Waals surface area contributed by atoms with Crippen LogP contribution >= 0.6 is 11.6 Å². The summed E-state index contributed by atoms with van der Waals surface area (Å²) in [5.74, 6) is -0.856. The summed E-state index contributed by atoms with van der Waals surface area (Å²) in [7, 11) is -3.65. The van der Waals surface area contributed by atoms with Crippen LogP contribution in [-0.4, -0.2) is 26.0 Å². The fraction of sp³-hybridized carbons (Fsp3) is 0.500. The number of halogens is 1. The molecule has 5 nitrogen and oxygen atoms in total. The van der Waals surface area contributed by atoms with E-state index in [1.165, 1.54) is 24.3 Å². The second-order valence-electron chi connectivity index (χ2n) is 5.40. The molecule has 0 bridgehead atoms. The van der Waals surface area contributed by atoms with Gasteiger partial charge in [0.05, 0.1) is 4.90 Å².